The highest BCUT2D eigenvalue weighted by Crippen LogP contribution is 2.17. The van der Waals surface area contributed by atoms with Crippen LogP contribution in [0.15, 0.2) is 24.3 Å². The van der Waals surface area contributed by atoms with Crippen molar-refractivity contribution in [1.29, 1.82) is 0 Å². The molecular weight excluding hydrogens is 208 g/mol. The number of hydrogen-bond acceptors (Lipinski definition) is 5. The molecule has 0 amide bonds. The van der Waals surface area contributed by atoms with Crippen LogP contribution in [-0.2, 0) is 6.61 Å². The van der Waals surface area contributed by atoms with Gasteiger partial charge in [-0.05, 0) is 24.3 Å². The first-order valence-electron chi connectivity index (χ1n) is 4.71. The molecule has 0 spiro atoms. The number of ether oxygens (including phenoxy) is 2. The van der Waals surface area contributed by atoms with Crippen LogP contribution in [0.2, 0.25) is 0 Å². The molecule has 84 valence electrons. The predicted octanol–water partition coefficient (Wildman–Crippen LogP) is 0.974. The largest absolute Gasteiger partial charge is 0.497 e. The van der Waals surface area contributed by atoms with Gasteiger partial charge in [0.25, 0.3) is 0 Å². The second-order valence-corrected chi connectivity index (χ2v) is 3.10. The molecule has 0 saturated heterocycles. The fourth-order valence-electron chi connectivity index (χ4n) is 1.20. The van der Waals surface area contributed by atoms with Gasteiger partial charge in [0.15, 0.2) is 5.82 Å². The zero-order valence-corrected chi connectivity index (χ0v) is 8.80. The third-order valence-electron chi connectivity index (χ3n) is 1.98. The minimum Gasteiger partial charge on any atom is -0.497 e. The van der Waals surface area contributed by atoms with E-state index in [9.17, 15) is 0 Å². The molecule has 1 aromatic carbocycles. The fraction of sp³-hybridized carbons (Fsp3) is 0.200. The highest BCUT2D eigenvalue weighted by molar-refractivity contribution is 5.31. The Bertz CT molecular complexity index is 452. The van der Waals surface area contributed by atoms with Crippen LogP contribution < -0.4 is 15.2 Å². The van der Waals surface area contributed by atoms with E-state index in [1.165, 1.54) is 0 Å². The van der Waals surface area contributed by atoms with Crippen LogP contribution in [0.4, 0.5) is 5.95 Å². The summed E-state index contributed by atoms with van der Waals surface area (Å²) >= 11 is 0. The van der Waals surface area contributed by atoms with Crippen molar-refractivity contribution >= 4 is 5.95 Å². The van der Waals surface area contributed by atoms with E-state index in [1.54, 1.807) is 7.11 Å². The van der Waals surface area contributed by atoms with Crippen LogP contribution in [0.3, 0.4) is 0 Å². The lowest BCUT2D eigenvalue weighted by atomic mass is 10.3. The van der Waals surface area contributed by atoms with E-state index in [1.807, 2.05) is 24.3 Å². The molecule has 0 unspecified atom stereocenters. The number of H-pyrrole nitrogens is 1. The van der Waals surface area contributed by atoms with Gasteiger partial charge >= 0.3 is 0 Å². The first-order valence-corrected chi connectivity index (χ1v) is 4.71. The molecule has 0 aliphatic heterocycles. The summed E-state index contributed by atoms with van der Waals surface area (Å²) in [5.41, 5.74) is 5.36. The Labute approximate surface area is 92.4 Å². The number of nitrogens with two attached hydrogens (primary N) is 1. The van der Waals surface area contributed by atoms with Crippen molar-refractivity contribution in [2.45, 2.75) is 6.61 Å². The molecular formula is C10H12N4O2. The van der Waals surface area contributed by atoms with Crippen LogP contribution in [0.25, 0.3) is 0 Å². The molecule has 0 atom stereocenters. The number of hydrogen-bond donors (Lipinski definition) is 2. The van der Waals surface area contributed by atoms with E-state index in [0.717, 1.165) is 11.5 Å². The third-order valence-corrected chi connectivity index (χ3v) is 1.98. The Morgan fingerprint density at radius 3 is 2.50 bits per heavy atom. The molecule has 2 aromatic rings. The van der Waals surface area contributed by atoms with Crippen molar-refractivity contribution in [2.75, 3.05) is 12.8 Å². The molecule has 0 bridgehead atoms. The molecule has 1 aromatic heterocycles. The third kappa shape index (κ3) is 2.41. The van der Waals surface area contributed by atoms with Crippen LogP contribution in [0, 0.1) is 0 Å². The molecule has 0 fully saturated rings. The fourth-order valence-corrected chi connectivity index (χ4v) is 1.20. The first kappa shape index (κ1) is 10.3. The lowest BCUT2D eigenvalue weighted by molar-refractivity contribution is 0.296. The van der Waals surface area contributed by atoms with Crippen molar-refractivity contribution in [3.8, 4) is 11.5 Å². The SMILES string of the molecule is COc1ccc(OCc2nc(N)n[nH]2)cc1. The van der Waals surface area contributed by atoms with E-state index in [4.69, 9.17) is 15.2 Å². The predicted molar refractivity (Wildman–Crippen MR) is 58.1 cm³/mol. The van der Waals surface area contributed by atoms with Crippen molar-refractivity contribution < 1.29 is 9.47 Å². The maximum absolute atomic E-state index is 5.46. The van der Waals surface area contributed by atoms with E-state index in [0.29, 0.717) is 12.4 Å². The average molecular weight is 220 g/mol. The number of nitrogens with one attached hydrogen (secondary N) is 1. The Kier molecular flexibility index (Phi) is 2.90. The number of nitrogen functional groups attached to an aromatic ring is 1. The highest BCUT2D eigenvalue weighted by Gasteiger charge is 2.00. The van der Waals surface area contributed by atoms with E-state index in [2.05, 4.69) is 15.2 Å². The van der Waals surface area contributed by atoms with Crippen molar-refractivity contribution in [3.05, 3.63) is 30.1 Å². The van der Waals surface area contributed by atoms with E-state index < -0.39 is 0 Å². The van der Waals surface area contributed by atoms with Crippen LogP contribution in [-0.4, -0.2) is 22.3 Å². The number of benzene rings is 1. The lowest BCUT2D eigenvalue weighted by Crippen LogP contribution is -1.97. The normalized spacial score (nSPS) is 10.1. The topological polar surface area (TPSA) is 86.1 Å². The number of anilines is 1. The molecule has 6 nitrogen and oxygen atoms in total. The highest BCUT2D eigenvalue weighted by atomic mass is 16.5. The number of aromatic nitrogens is 3. The van der Waals surface area contributed by atoms with Gasteiger partial charge in [0, 0.05) is 0 Å². The van der Waals surface area contributed by atoms with Crippen molar-refractivity contribution in [1.82, 2.24) is 15.2 Å². The summed E-state index contributed by atoms with van der Waals surface area (Å²) < 4.78 is 10.5. The number of rotatable bonds is 4. The number of nitrogens with zero attached hydrogens (tertiary/aromatic N) is 2. The van der Waals surface area contributed by atoms with Gasteiger partial charge in [-0.3, -0.25) is 5.10 Å². The van der Waals surface area contributed by atoms with Gasteiger partial charge in [-0.15, -0.1) is 5.10 Å². The van der Waals surface area contributed by atoms with Gasteiger partial charge in [-0.1, -0.05) is 0 Å². The maximum atomic E-state index is 5.46. The number of aromatic amines is 1. The molecule has 0 saturated carbocycles. The van der Waals surface area contributed by atoms with Crippen LogP contribution in [0.1, 0.15) is 5.82 Å². The van der Waals surface area contributed by atoms with Crippen LogP contribution >= 0.6 is 0 Å². The summed E-state index contributed by atoms with van der Waals surface area (Å²) in [6.45, 7) is 0.302. The molecule has 2 rings (SSSR count). The maximum Gasteiger partial charge on any atom is 0.239 e. The molecule has 0 aliphatic rings. The molecule has 3 N–H and O–H groups in total. The summed E-state index contributed by atoms with van der Waals surface area (Å²) in [5, 5.41) is 6.36. The Morgan fingerprint density at radius 2 is 1.94 bits per heavy atom. The van der Waals surface area contributed by atoms with E-state index >= 15 is 0 Å². The van der Waals surface area contributed by atoms with Crippen molar-refractivity contribution in [2.24, 2.45) is 0 Å². The van der Waals surface area contributed by atoms with Gasteiger partial charge in [0.2, 0.25) is 5.95 Å². The molecule has 0 aliphatic carbocycles. The van der Waals surface area contributed by atoms with Crippen molar-refractivity contribution in [3.63, 3.8) is 0 Å². The molecule has 1 heterocycles. The average Bonchev–Trinajstić information content (AvgIpc) is 2.73. The summed E-state index contributed by atoms with van der Waals surface area (Å²) in [6, 6.07) is 7.28. The summed E-state index contributed by atoms with van der Waals surface area (Å²) in [7, 11) is 1.62. The van der Waals surface area contributed by atoms with Gasteiger partial charge < -0.3 is 15.2 Å². The first-order chi connectivity index (χ1) is 7.78. The minimum absolute atomic E-state index is 0.216. The zero-order chi connectivity index (χ0) is 11.4. The molecule has 6 heteroatoms. The number of methoxy groups -OCH3 is 1. The second-order valence-electron chi connectivity index (χ2n) is 3.10. The van der Waals surface area contributed by atoms with E-state index in [-0.39, 0.29) is 5.95 Å². The summed E-state index contributed by atoms with van der Waals surface area (Å²) in [6.07, 6.45) is 0. The van der Waals surface area contributed by atoms with Gasteiger partial charge in [-0.2, -0.15) is 4.98 Å². The van der Waals surface area contributed by atoms with Gasteiger partial charge in [0.05, 0.1) is 7.11 Å². The smallest absolute Gasteiger partial charge is 0.239 e. The van der Waals surface area contributed by atoms with Crippen LogP contribution in [0.5, 0.6) is 11.5 Å². The van der Waals surface area contributed by atoms with Gasteiger partial charge in [0.1, 0.15) is 18.1 Å². The standard InChI is InChI=1S/C10H12N4O2/c1-15-7-2-4-8(5-3-7)16-6-9-12-10(11)14-13-9/h2-5H,6H2,1H3,(H3,11,12,13,14). The molecule has 0 radical (unpaired) electrons. The Balaban J connectivity index is 1.94. The molecule has 16 heavy (non-hydrogen) atoms. The Morgan fingerprint density at radius 1 is 1.25 bits per heavy atom. The second kappa shape index (κ2) is 4.52. The lowest BCUT2D eigenvalue weighted by Gasteiger charge is -2.04. The summed E-state index contributed by atoms with van der Waals surface area (Å²) in [4.78, 5) is 3.92. The van der Waals surface area contributed by atoms with Gasteiger partial charge in [-0.25, -0.2) is 0 Å². The Hall–Kier alpha value is -2.24. The minimum atomic E-state index is 0.216. The summed E-state index contributed by atoms with van der Waals surface area (Å²) in [5.74, 6) is 2.33. The zero-order valence-electron chi connectivity index (χ0n) is 8.80. The quantitative estimate of drug-likeness (QED) is 0.801. The monoisotopic (exact) mass is 220 g/mol.